The van der Waals surface area contributed by atoms with E-state index in [1.165, 1.54) is 19.3 Å². The van der Waals surface area contributed by atoms with Crippen LogP contribution in [0.3, 0.4) is 0 Å². The Kier molecular flexibility index (Phi) is 2.11. The van der Waals surface area contributed by atoms with Crippen molar-refractivity contribution in [3.05, 3.63) is 0 Å². The number of aliphatic hydroxyl groups is 1. The van der Waals surface area contributed by atoms with E-state index in [-0.39, 0.29) is 5.60 Å². The van der Waals surface area contributed by atoms with Crippen molar-refractivity contribution < 1.29 is 5.11 Å². The van der Waals surface area contributed by atoms with E-state index in [1.807, 2.05) is 0 Å². The third-order valence-corrected chi connectivity index (χ3v) is 6.48. The average Bonchev–Trinajstić information content (AvgIpc) is 2.64. The van der Waals surface area contributed by atoms with Crippen LogP contribution in [0.1, 0.15) is 53.4 Å². The molecule has 0 spiro atoms. The highest BCUT2D eigenvalue weighted by Crippen LogP contribution is 2.71. The van der Waals surface area contributed by atoms with Crippen LogP contribution in [0.25, 0.3) is 0 Å². The fourth-order valence-electron chi connectivity index (χ4n) is 5.27. The Balaban J connectivity index is 1.98. The first-order chi connectivity index (χ1) is 7.39. The third kappa shape index (κ3) is 1.16. The molecular weight excluding hydrogens is 196 g/mol. The summed E-state index contributed by atoms with van der Waals surface area (Å²) in [5.41, 5.74) is 0.185. The van der Waals surface area contributed by atoms with Crippen LogP contribution in [0.5, 0.6) is 0 Å². The molecule has 0 aromatic rings. The van der Waals surface area contributed by atoms with Crippen LogP contribution in [-0.2, 0) is 0 Å². The van der Waals surface area contributed by atoms with E-state index >= 15 is 0 Å². The van der Waals surface area contributed by atoms with Crippen molar-refractivity contribution in [3.8, 4) is 0 Å². The van der Waals surface area contributed by atoms with Crippen molar-refractivity contribution in [2.45, 2.75) is 59.0 Å². The highest BCUT2D eigenvalue weighted by molar-refractivity contribution is 5.17. The van der Waals surface area contributed by atoms with Gasteiger partial charge in [0.1, 0.15) is 0 Å². The molecule has 3 rings (SSSR count). The van der Waals surface area contributed by atoms with Gasteiger partial charge >= 0.3 is 0 Å². The van der Waals surface area contributed by atoms with Crippen LogP contribution in [-0.4, -0.2) is 10.7 Å². The quantitative estimate of drug-likeness (QED) is 0.665. The van der Waals surface area contributed by atoms with Gasteiger partial charge in [-0.05, 0) is 60.7 Å². The van der Waals surface area contributed by atoms with Gasteiger partial charge in [0.25, 0.3) is 0 Å². The van der Waals surface area contributed by atoms with Crippen LogP contribution in [0.2, 0.25) is 0 Å². The zero-order valence-electron chi connectivity index (χ0n) is 11.2. The minimum absolute atomic E-state index is 0.327. The SMILES string of the molecule is C[C@@H]1CC[C@@]2(O)[C@H]1[C@@H]1[C@@H](CC[C@H]2C)C1(C)C. The van der Waals surface area contributed by atoms with E-state index in [9.17, 15) is 5.11 Å². The number of fused-ring (bicyclic) bond motifs is 3. The molecule has 3 aliphatic carbocycles. The Hall–Kier alpha value is -0.0400. The predicted octanol–water partition coefficient (Wildman–Crippen LogP) is 3.47. The molecule has 0 aromatic heterocycles. The van der Waals surface area contributed by atoms with Gasteiger partial charge in [-0.1, -0.05) is 27.7 Å². The van der Waals surface area contributed by atoms with Crippen LogP contribution in [0.15, 0.2) is 0 Å². The third-order valence-electron chi connectivity index (χ3n) is 6.48. The monoisotopic (exact) mass is 222 g/mol. The molecule has 92 valence electrons. The van der Waals surface area contributed by atoms with E-state index in [4.69, 9.17) is 0 Å². The second-order valence-corrected chi connectivity index (χ2v) is 7.47. The molecule has 0 bridgehead atoms. The lowest BCUT2D eigenvalue weighted by Crippen LogP contribution is -2.42. The summed E-state index contributed by atoms with van der Waals surface area (Å²) in [4.78, 5) is 0. The maximum atomic E-state index is 11.1. The first-order valence-corrected chi connectivity index (χ1v) is 7.11. The summed E-state index contributed by atoms with van der Waals surface area (Å²) in [7, 11) is 0. The normalized spacial score (nSPS) is 58.7. The van der Waals surface area contributed by atoms with Gasteiger partial charge in [-0.25, -0.2) is 0 Å². The van der Waals surface area contributed by atoms with Gasteiger partial charge in [0.05, 0.1) is 5.60 Å². The van der Waals surface area contributed by atoms with Crippen molar-refractivity contribution in [1.82, 2.24) is 0 Å². The molecule has 0 unspecified atom stereocenters. The molecule has 0 saturated heterocycles. The summed E-state index contributed by atoms with van der Waals surface area (Å²) in [6.07, 6.45) is 4.89. The lowest BCUT2D eigenvalue weighted by Gasteiger charge is -2.37. The summed E-state index contributed by atoms with van der Waals surface area (Å²) in [6.45, 7) is 9.49. The number of hydrogen-bond acceptors (Lipinski definition) is 1. The van der Waals surface area contributed by atoms with Gasteiger partial charge in [-0.3, -0.25) is 0 Å². The summed E-state index contributed by atoms with van der Waals surface area (Å²) in [6, 6.07) is 0. The van der Waals surface area contributed by atoms with E-state index in [0.717, 1.165) is 24.2 Å². The predicted molar refractivity (Wildman–Crippen MR) is 66.0 cm³/mol. The second kappa shape index (κ2) is 3.04. The number of hydrogen-bond donors (Lipinski definition) is 1. The summed E-state index contributed by atoms with van der Waals surface area (Å²) in [5.74, 6) is 3.55. The molecule has 16 heavy (non-hydrogen) atoms. The molecule has 0 heterocycles. The Morgan fingerprint density at radius 1 is 1.00 bits per heavy atom. The van der Waals surface area contributed by atoms with Crippen molar-refractivity contribution in [3.63, 3.8) is 0 Å². The molecule has 3 fully saturated rings. The van der Waals surface area contributed by atoms with Crippen LogP contribution < -0.4 is 0 Å². The lowest BCUT2D eigenvalue weighted by molar-refractivity contribution is -0.0624. The topological polar surface area (TPSA) is 20.2 Å². The van der Waals surface area contributed by atoms with Gasteiger partial charge in [0.2, 0.25) is 0 Å². The van der Waals surface area contributed by atoms with Crippen molar-refractivity contribution in [1.29, 1.82) is 0 Å². The Morgan fingerprint density at radius 3 is 2.38 bits per heavy atom. The first kappa shape index (κ1) is 11.1. The van der Waals surface area contributed by atoms with Gasteiger partial charge in [0.15, 0.2) is 0 Å². The molecular formula is C15H26O. The minimum atomic E-state index is -0.327. The van der Waals surface area contributed by atoms with Gasteiger partial charge in [-0.2, -0.15) is 0 Å². The minimum Gasteiger partial charge on any atom is -0.389 e. The Bertz CT molecular complexity index is 309. The van der Waals surface area contributed by atoms with E-state index in [1.54, 1.807) is 0 Å². The van der Waals surface area contributed by atoms with E-state index < -0.39 is 0 Å². The van der Waals surface area contributed by atoms with Gasteiger partial charge in [0, 0.05) is 0 Å². The van der Waals surface area contributed by atoms with Gasteiger partial charge in [-0.15, -0.1) is 0 Å². The van der Waals surface area contributed by atoms with Gasteiger partial charge < -0.3 is 5.11 Å². The highest BCUT2D eigenvalue weighted by atomic mass is 16.3. The maximum absolute atomic E-state index is 11.1. The summed E-state index contributed by atoms with van der Waals surface area (Å²) < 4.78 is 0. The largest absolute Gasteiger partial charge is 0.389 e. The van der Waals surface area contributed by atoms with E-state index in [0.29, 0.717) is 17.3 Å². The molecule has 1 N–H and O–H groups in total. The lowest BCUT2D eigenvalue weighted by atomic mass is 9.73. The zero-order valence-corrected chi connectivity index (χ0v) is 11.2. The van der Waals surface area contributed by atoms with Crippen LogP contribution >= 0.6 is 0 Å². The zero-order chi connectivity index (χ0) is 11.7. The summed E-state index contributed by atoms with van der Waals surface area (Å²) >= 11 is 0. The average molecular weight is 222 g/mol. The molecule has 6 atom stereocenters. The second-order valence-electron chi connectivity index (χ2n) is 7.47. The maximum Gasteiger partial charge on any atom is 0.0706 e. The standard InChI is InChI=1S/C15H26O/c1-9-7-8-15(16)10(2)5-6-11-13(12(9)15)14(11,3)4/h9-13,16H,5-8H2,1-4H3/t9-,10-,11-,12-,13+,15+/m1/s1. The Labute approximate surface area is 99.6 Å². The van der Waals surface area contributed by atoms with Crippen molar-refractivity contribution in [2.24, 2.45) is 35.0 Å². The smallest absolute Gasteiger partial charge is 0.0706 e. The molecule has 0 aliphatic heterocycles. The van der Waals surface area contributed by atoms with Crippen LogP contribution in [0, 0.1) is 35.0 Å². The fourth-order valence-corrected chi connectivity index (χ4v) is 5.27. The molecule has 1 heteroatoms. The summed E-state index contributed by atoms with van der Waals surface area (Å²) in [5, 5.41) is 11.1. The molecule has 3 saturated carbocycles. The van der Waals surface area contributed by atoms with Crippen LogP contribution in [0.4, 0.5) is 0 Å². The molecule has 0 aromatic carbocycles. The van der Waals surface area contributed by atoms with Crippen molar-refractivity contribution >= 4 is 0 Å². The highest BCUT2D eigenvalue weighted by Gasteiger charge is 2.68. The Morgan fingerprint density at radius 2 is 1.69 bits per heavy atom. The molecule has 1 nitrogen and oxygen atoms in total. The molecule has 3 aliphatic rings. The number of rotatable bonds is 0. The molecule has 0 amide bonds. The van der Waals surface area contributed by atoms with Crippen molar-refractivity contribution in [2.75, 3.05) is 0 Å². The van der Waals surface area contributed by atoms with E-state index in [2.05, 4.69) is 27.7 Å². The first-order valence-electron chi connectivity index (χ1n) is 7.11. The fraction of sp³-hybridized carbons (Fsp3) is 1.00. The molecule has 0 radical (unpaired) electrons.